The Kier molecular flexibility index (Phi) is 6.20. The van der Waals surface area contributed by atoms with Crippen molar-refractivity contribution in [3.8, 4) is 0 Å². The quantitative estimate of drug-likeness (QED) is 0.378. The third-order valence-electron chi connectivity index (χ3n) is 9.44. The normalized spacial score (nSPS) is 34.6. The first-order chi connectivity index (χ1) is 16.5. The summed E-state index contributed by atoms with van der Waals surface area (Å²) in [6, 6.07) is 0.0520. The number of rotatable bonds is 6. The number of fused-ring (bicyclic) bond motifs is 2. The third-order valence-corrected chi connectivity index (χ3v) is 10.1. The lowest BCUT2D eigenvalue weighted by molar-refractivity contribution is -0.0129. The molecule has 0 aliphatic heterocycles. The Morgan fingerprint density at radius 2 is 1.68 bits per heavy atom. The second kappa shape index (κ2) is 9.06. The van der Waals surface area contributed by atoms with Crippen LogP contribution in [0.25, 0.3) is 11.2 Å². The molecule has 9 heteroatoms. The molecule has 34 heavy (non-hydrogen) atoms. The van der Waals surface area contributed by atoms with E-state index in [0.717, 1.165) is 6.42 Å². The average molecular weight is 508 g/mol. The standard InChI is InChI=1S/C25H35Cl2N5O2/c26-12-25-11-16(25)19(20(33)21(25)34)32-13-28-18-22(30-24(27)31-23(18)32)29-17(14-7-3-1-4-8-14)15-9-5-2-6-10-15/h13-17,19-21,33-34H,1-12H2,(H,29,30,31)/t16-,19-,20+,21+,25+/m1/s1. The number of aromatic nitrogens is 4. The van der Waals surface area contributed by atoms with E-state index in [-0.39, 0.29) is 17.2 Å². The van der Waals surface area contributed by atoms with Crippen molar-refractivity contribution in [3.63, 3.8) is 0 Å². The summed E-state index contributed by atoms with van der Waals surface area (Å²) in [5.41, 5.74) is 0.890. The maximum atomic E-state index is 10.9. The number of imidazole rings is 1. The highest BCUT2D eigenvalue weighted by Gasteiger charge is 2.71. The van der Waals surface area contributed by atoms with Crippen LogP contribution in [0.3, 0.4) is 0 Å². The van der Waals surface area contributed by atoms with Crippen molar-refractivity contribution in [2.75, 3.05) is 11.2 Å². The smallest absolute Gasteiger partial charge is 0.226 e. The molecule has 4 aliphatic carbocycles. The zero-order chi connectivity index (χ0) is 23.4. The van der Waals surface area contributed by atoms with Crippen LogP contribution in [0, 0.1) is 23.2 Å². The van der Waals surface area contributed by atoms with Crippen LogP contribution in [0.4, 0.5) is 5.82 Å². The van der Waals surface area contributed by atoms with Gasteiger partial charge in [0.15, 0.2) is 17.0 Å². The summed E-state index contributed by atoms with van der Waals surface area (Å²) in [6.45, 7) is 0. The summed E-state index contributed by atoms with van der Waals surface area (Å²) in [5, 5.41) is 25.5. The van der Waals surface area contributed by atoms with Gasteiger partial charge in [-0.15, -0.1) is 11.6 Å². The molecule has 0 amide bonds. The van der Waals surface area contributed by atoms with Crippen LogP contribution in [0.2, 0.25) is 5.28 Å². The Morgan fingerprint density at radius 3 is 2.26 bits per heavy atom. The van der Waals surface area contributed by atoms with Crippen LogP contribution in [0.5, 0.6) is 0 Å². The summed E-state index contributed by atoms with van der Waals surface area (Å²) in [7, 11) is 0. The van der Waals surface area contributed by atoms with Gasteiger partial charge >= 0.3 is 0 Å². The summed E-state index contributed by atoms with van der Waals surface area (Å²) in [5.74, 6) is 2.43. The SMILES string of the molecule is O[C@H]1[C@H](n2cnc3c(NC(C4CCCCC4)C4CCCCC4)nc(Cl)nc32)[C@H]2C[C@@]2(CCl)[C@H]1O. The molecule has 0 unspecified atom stereocenters. The maximum absolute atomic E-state index is 10.9. The molecule has 3 N–H and O–H groups in total. The molecule has 4 aliphatic rings. The second-order valence-corrected chi connectivity index (χ2v) is 11.8. The number of hydrogen-bond donors (Lipinski definition) is 3. The molecule has 0 aromatic carbocycles. The zero-order valence-corrected chi connectivity index (χ0v) is 21.1. The highest BCUT2D eigenvalue weighted by atomic mass is 35.5. The first kappa shape index (κ1) is 23.3. The number of anilines is 1. The molecule has 2 aromatic heterocycles. The lowest BCUT2D eigenvalue weighted by Crippen LogP contribution is -2.39. The highest BCUT2D eigenvalue weighted by Crippen LogP contribution is 2.68. The van der Waals surface area contributed by atoms with E-state index in [4.69, 9.17) is 28.2 Å². The number of nitrogens with zero attached hydrogens (tertiary/aromatic N) is 4. The minimum Gasteiger partial charge on any atom is -0.390 e. The van der Waals surface area contributed by atoms with Gasteiger partial charge in [-0.2, -0.15) is 9.97 Å². The molecule has 7 nitrogen and oxygen atoms in total. The predicted molar refractivity (Wildman–Crippen MR) is 133 cm³/mol. The summed E-state index contributed by atoms with van der Waals surface area (Å²) in [6.07, 6.45) is 13.7. The molecule has 2 heterocycles. The number of aliphatic hydroxyl groups is 2. The van der Waals surface area contributed by atoms with Gasteiger partial charge in [0.25, 0.3) is 0 Å². The third kappa shape index (κ3) is 3.73. The van der Waals surface area contributed by atoms with E-state index in [1.54, 1.807) is 6.33 Å². The van der Waals surface area contributed by atoms with E-state index < -0.39 is 17.6 Å². The summed E-state index contributed by atoms with van der Waals surface area (Å²) < 4.78 is 1.89. The van der Waals surface area contributed by atoms with Gasteiger partial charge in [0.05, 0.1) is 18.5 Å². The van der Waals surface area contributed by atoms with Gasteiger partial charge in [0.1, 0.15) is 6.10 Å². The van der Waals surface area contributed by atoms with Gasteiger partial charge in [0, 0.05) is 17.3 Å². The largest absolute Gasteiger partial charge is 0.390 e. The molecule has 0 bridgehead atoms. The lowest BCUT2D eigenvalue weighted by Gasteiger charge is -2.38. The molecule has 4 saturated carbocycles. The van der Waals surface area contributed by atoms with Gasteiger partial charge in [-0.25, -0.2) is 4.98 Å². The monoisotopic (exact) mass is 507 g/mol. The Bertz CT molecular complexity index is 1020. The average Bonchev–Trinajstić information content (AvgIpc) is 3.39. The van der Waals surface area contributed by atoms with Crippen molar-refractivity contribution < 1.29 is 10.2 Å². The molecular weight excluding hydrogens is 473 g/mol. The van der Waals surface area contributed by atoms with Crippen molar-refractivity contribution in [1.82, 2.24) is 19.5 Å². The molecule has 0 spiro atoms. The van der Waals surface area contributed by atoms with Crippen LogP contribution >= 0.6 is 23.2 Å². The van der Waals surface area contributed by atoms with Crippen LogP contribution in [0.1, 0.15) is 76.7 Å². The van der Waals surface area contributed by atoms with Gasteiger partial charge < -0.3 is 20.1 Å². The molecule has 186 valence electrons. The van der Waals surface area contributed by atoms with E-state index in [1.807, 2.05) is 4.57 Å². The van der Waals surface area contributed by atoms with E-state index >= 15 is 0 Å². The van der Waals surface area contributed by atoms with E-state index in [0.29, 0.717) is 40.7 Å². The van der Waals surface area contributed by atoms with Crippen LogP contribution in [-0.2, 0) is 0 Å². The van der Waals surface area contributed by atoms with Crippen molar-refractivity contribution >= 4 is 40.2 Å². The Labute approximate surface area is 210 Å². The molecule has 2 aromatic rings. The van der Waals surface area contributed by atoms with Crippen LogP contribution < -0.4 is 5.32 Å². The van der Waals surface area contributed by atoms with E-state index in [2.05, 4.69) is 15.3 Å². The number of halogens is 2. The molecular formula is C25H35Cl2N5O2. The number of nitrogens with one attached hydrogen (secondary N) is 1. The van der Waals surface area contributed by atoms with E-state index in [1.165, 1.54) is 64.2 Å². The van der Waals surface area contributed by atoms with Gasteiger partial charge in [-0.1, -0.05) is 38.5 Å². The van der Waals surface area contributed by atoms with E-state index in [9.17, 15) is 10.2 Å². The van der Waals surface area contributed by atoms with Gasteiger partial charge in [-0.05, 0) is 61.5 Å². The van der Waals surface area contributed by atoms with Crippen molar-refractivity contribution in [2.45, 2.75) is 94.9 Å². The number of hydrogen-bond acceptors (Lipinski definition) is 6. The minimum atomic E-state index is -0.905. The Balaban J connectivity index is 1.34. The van der Waals surface area contributed by atoms with Crippen LogP contribution in [-0.4, -0.2) is 53.9 Å². The fourth-order valence-corrected chi connectivity index (χ4v) is 8.11. The number of alkyl halides is 1. The van der Waals surface area contributed by atoms with Crippen molar-refractivity contribution in [1.29, 1.82) is 0 Å². The van der Waals surface area contributed by atoms with Gasteiger partial charge in [-0.3, -0.25) is 0 Å². The molecule has 6 rings (SSSR count). The molecule has 5 atom stereocenters. The summed E-state index contributed by atoms with van der Waals surface area (Å²) >= 11 is 12.6. The fourth-order valence-electron chi connectivity index (χ4n) is 7.48. The topological polar surface area (TPSA) is 96.1 Å². The molecule has 0 radical (unpaired) electrons. The van der Waals surface area contributed by atoms with Crippen LogP contribution in [0.15, 0.2) is 6.33 Å². The Morgan fingerprint density at radius 1 is 1.03 bits per heavy atom. The first-order valence-electron chi connectivity index (χ1n) is 13.1. The van der Waals surface area contributed by atoms with Gasteiger partial charge in [0.2, 0.25) is 5.28 Å². The number of aliphatic hydroxyl groups excluding tert-OH is 2. The highest BCUT2D eigenvalue weighted by molar-refractivity contribution is 6.28. The van der Waals surface area contributed by atoms with Crippen molar-refractivity contribution in [2.24, 2.45) is 23.2 Å². The fraction of sp³-hybridized carbons (Fsp3) is 0.800. The lowest BCUT2D eigenvalue weighted by atomic mass is 9.74. The predicted octanol–water partition coefficient (Wildman–Crippen LogP) is 4.94. The minimum absolute atomic E-state index is 0.106. The second-order valence-electron chi connectivity index (χ2n) is 11.2. The first-order valence-corrected chi connectivity index (χ1v) is 14.0. The van der Waals surface area contributed by atoms with Crippen molar-refractivity contribution in [3.05, 3.63) is 11.6 Å². The maximum Gasteiger partial charge on any atom is 0.226 e. The Hall–Kier alpha value is -1.15. The molecule has 4 fully saturated rings. The molecule has 0 saturated heterocycles. The zero-order valence-electron chi connectivity index (χ0n) is 19.5. The summed E-state index contributed by atoms with van der Waals surface area (Å²) in [4.78, 5) is 13.8.